The van der Waals surface area contributed by atoms with Crippen molar-refractivity contribution < 1.29 is 19.2 Å². The third-order valence-corrected chi connectivity index (χ3v) is 5.78. The van der Waals surface area contributed by atoms with Gasteiger partial charge in [-0.15, -0.1) is 11.3 Å². The fraction of sp³-hybridized carbons (Fsp3) is 0.286. The number of hydrogen-bond donors (Lipinski definition) is 2. The average Bonchev–Trinajstić information content (AvgIpc) is 3.12. The maximum atomic E-state index is 12.6. The van der Waals surface area contributed by atoms with E-state index in [2.05, 4.69) is 23.3 Å². The Balaban J connectivity index is 1.67. The first-order chi connectivity index (χ1) is 13.5. The van der Waals surface area contributed by atoms with E-state index in [0.29, 0.717) is 11.3 Å². The summed E-state index contributed by atoms with van der Waals surface area (Å²) in [5, 5.41) is 3.83. The number of carbonyl (C=O) groups is 2. The molecule has 28 heavy (non-hydrogen) atoms. The first-order valence-corrected chi connectivity index (χ1v) is 10.0. The van der Waals surface area contributed by atoms with Crippen LogP contribution in [-0.4, -0.2) is 37.1 Å². The number of thiazole rings is 1. The van der Waals surface area contributed by atoms with Crippen molar-refractivity contribution in [2.24, 2.45) is 0 Å². The highest BCUT2D eigenvalue weighted by atomic mass is 32.1. The van der Waals surface area contributed by atoms with Crippen molar-refractivity contribution in [1.82, 2.24) is 4.98 Å². The average molecular weight is 399 g/mol. The van der Waals surface area contributed by atoms with Crippen molar-refractivity contribution in [3.05, 3.63) is 59.1 Å². The summed E-state index contributed by atoms with van der Waals surface area (Å²) in [6.07, 6.45) is 0. The zero-order valence-corrected chi connectivity index (χ0v) is 17.0. The number of anilines is 1. The highest BCUT2D eigenvalue weighted by molar-refractivity contribution is 7.18. The monoisotopic (exact) mass is 398 g/mol. The molecule has 0 radical (unpaired) electrons. The zero-order valence-electron chi connectivity index (χ0n) is 16.2. The number of rotatable bonds is 7. The van der Waals surface area contributed by atoms with Gasteiger partial charge in [0.1, 0.15) is 6.04 Å². The van der Waals surface area contributed by atoms with Crippen LogP contribution in [0.5, 0.6) is 0 Å². The molecule has 0 spiro atoms. The molecular formula is C21H24N3O3S+. The number of aromatic nitrogens is 1. The molecule has 0 aliphatic carbocycles. The predicted molar refractivity (Wildman–Crippen MR) is 111 cm³/mol. The summed E-state index contributed by atoms with van der Waals surface area (Å²) in [4.78, 5) is 30.3. The van der Waals surface area contributed by atoms with Gasteiger partial charge in [0, 0.05) is 0 Å². The molecule has 1 amide bonds. The number of quaternary nitrogens is 1. The maximum absolute atomic E-state index is 12.6. The van der Waals surface area contributed by atoms with Gasteiger partial charge in [-0.25, -0.2) is 9.78 Å². The number of nitrogens with zero attached hydrogens (tertiary/aromatic N) is 1. The van der Waals surface area contributed by atoms with Crippen molar-refractivity contribution in [2.75, 3.05) is 25.5 Å². The van der Waals surface area contributed by atoms with E-state index in [1.807, 2.05) is 25.2 Å². The number of nitrogens with one attached hydrogen (secondary N) is 2. The fourth-order valence-corrected chi connectivity index (χ4v) is 3.98. The van der Waals surface area contributed by atoms with Gasteiger partial charge in [-0.1, -0.05) is 24.3 Å². The Bertz CT molecular complexity index is 953. The molecular weight excluding hydrogens is 374 g/mol. The summed E-state index contributed by atoms with van der Waals surface area (Å²) >= 11 is 1.65. The largest absolute Gasteiger partial charge is 0.462 e. The van der Waals surface area contributed by atoms with E-state index in [4.69, 9.17) is 4.74 Å². The quantitative estimate of drug-likeness (QED) is 0.600. The molecule has 0 bridgehead atoms. The van der Waals surface area contributed by atoms with Crippen molar-refractivity contribution in [3.8, 4) is 0 Å². The van der Waals surface area contributed by atoms with Crippen LogP contribution in [-0.2, 0) is 9.53 Å². The maximum Gasteiger partial charge on any atom is 0.340 e. The van der Waals surface area contributed by atoms with E-state index in [0.717, 1.165) is 20.1 Å². The summed E-state index contributed by atoms with van der Waals surface area (Å²) in [5.41, 5.74) is 1.80. The lowest BCUT2D eigenvalue weighted by Crippen LogP contribution is -3.10. The molecule has 1 aromatic heterocycles. The van der Waals surface area contributed by atoms with E-state index in [9.17, 15) is 9.59 Å². The second kappa shape index (κ2) is 8.95. The molecule has 0 fully saturated rings. The van der Waals surface area contributed by atoms with Gasteiger partial charge in [0.25, 0.3) is 5.91 Å². The van der Waals surface area contributed by atoms with Gasteiger partial charge in [-0.05, 0) is 38.1 Å². The lowest BCUT2D eigenvalue weighted by Gasteiger charge is -2.19. The number of likely N-dealkylation sites (N-methyl/N-ethyl adjacent to an activating group) is 1. The van der Waals surface area contributed by atoms with Gasteiger partial charge in [0.15, 0.2) is 11.6 Å². The number of carbonyl (C=O) groups excluding carboxylic acids is 2. The number of fused-ring (bicyclic) bond motifs is 1. The molecule has 146 valence electrons. The summed E-state index contributed by atoms with van der Waals surface area (Å²) in [6.45, 7) is 4.36. The van der Waals surface area contributed by atoms with E-state index >= 15 is 0 Å². The third kappa shape index (κ3) is 4.55. The molecule has 0 aliphatic rings. The Morgan fingerprint density at radius 1 is 1.18 bits per heavy atom. The van der Waals surface area contributed by atoms with E-state index in [-0.39, 0.29) is 25.1 Å². The molecule has 1 heterocycles. The van der Waals surface area contributed by atoms with Crippen molar-refractivity contribution in [1.29, 1.82) is 0 Å². The van der Waals surface area contributed by atoms with Crippen molar-refractivity contribution in [3.63, 3.8) is 0 Å². The Labute approximate surface area is 168 Å². The van der Waals surface area contributed by atoms with Gasteiger partial charge in [0.2, 0.25) is 0 Å². The Morgan fingerprint density at radius 3 is 2.64 bits per heavy atom. The first-order valence-electron chi connectivity index (χ1n) is 9.23. The standard InChI is InChI=1S/C21H23N3O3S/c1-4-27-21(26)15-9-5-6-10-16(15)22-19(25)13-24(3)14(2)20-23-17-11-7-8-12-18(17)28-20/h5-12,14H,4,13H2,1-3H3,(H,22,25)/p+1/t14-/m0/s1. The van der Waals surface area contributed by atoms with Gasteiger partial charge >= 0.3 is 5.97 Å². The van der Waals surface area contributed by atoms with E-state index in [1.165, 1.54) is 0 Å². The number of esters is 1. The lowest BCUT2D eigenvalue weighted by atomic mass is 10.2. The minimum absolute atomic E-state index is 0.0726. The molecule has 3 rings (SSSR count). The predicted octanol–water partition coefficient (Wildman–Crippen LogP) is 2.69. The summed E-state index contributed by atoms with van der Waals surface area (Å²) < 4.78 is 6.20. The van der Waals surface area contributed by atoms with Gasteiger partial charge in [-0.3, -0.25) is 4.79 Å². The van der Waals surface area contributed by atoms with Gasteiger partial charge in [-0.2, -0.15) is 0 Å². The molecule has 0 saturated carbocycles. The smallest absolute Gasteiger partial charge is 0.340 e. The molecule has 0 saturated heterocycles. The van der Waals surface area contributed by atoms with E-state index < -0.39 is 5.97 Å². The molecule has 6 nitrogen and oxygen atoms in total. The van der Waals surface area contributed by atoms with Crippen LogP contribution in [0.3, 0.4) is 0 Å². The molecule has 2 atom stereocenters. The topological polar surface area (TPSA) is 72.7 Å². The summed E-state index contributed by atoms with van der Waals surface area (Å²) in [6, 6.07) is 15.0. The van der Waals surface area contributed by atoms with E-state index in [1.54, 1.807) is 42.5 Å². The van der Waals surface area contributed by atoms with Gasteiger partial charge in [0.05, 0.1) is 35.1 Å². The number of hydrogen-bond acceptors (Lipinski definition) is 5. The van der Waals surface area contributed by atoms with Crippen LogP contribution in [0.4, 0.5) is 5.69 Å². The van der Waals surface area contributed by atoms with Crippen molar-refractivity contribution >= 4 is 39.1 Å². The van der Waals surface area contributed by atoms with Gasteiger partial charge < -0.3 is 15.0 Å². The highest BCUT2D eigenvalue weighted by Crippen LogP contribution is 2.24. The number of benzene rings is 2. The second-order valence-corrected chi connectivity index (χ2v) is 7.64. The normalized spacial score (nSPS) is 13.1. The van der Waals surface area contributed by atoms with Crippen LogP contribution >= 0.6 is 11.3 Å². The lowest BCUT2D eigenvalue weighted by molar-refractivity contribution is -0.902. The SMILES string of the molecule is CCOC(=O)c1ccccc1NC(=O)C[NH+](C)[C@@H](C)c1nc2ccccc2s1. The number of ether oxygens (including phenoxy) is 1. The van der Waals surface area contributed by atoms with Crippen LogP contribution in [0.1, 0.15) is 35.3 Å². The Hall–Kier alpha value is -2.77. The molecule has 3 aromatic rings. The third-order valence-electron chi connectivity index (χ3n) is 4.56. The number of para-hydroxylation sites is 2. The fourth-order valence-electron chi connectivity index (χ4n) is 2.87. The van der Waals surface area contributed by atoms with Crippen molar-refractivity contribution in [2.45, 2.75) is 19.9 Å². The molecule has 7 heteroatoms. The Morgan fingerprint density at radius 2 is 1.89 bits per heavy atom. The molecule has 2 N–H and O–H groups in total. The first kappa shape index (κ1) is 20.0. The summed E-state index contributed by atoms with van der Waals surface area (Å²) in [7, 11) is 1.97. The number of amides is 1. The molecule has 0 aliphatic heterocycles. The summed E-state index contributed by atoms with van der Waals surface area (Å²) in [5.74, 6) is -0.607. The second-order valence-electron chi connectivity index (χ2n) is 6.58. The minimum atomic E-state index is -0.443. The minimum Gasteiger partial charge on any atom is -0.462 e. The van der Waals surface area contributed by atoms with Crippen LogP contribution in [0.25, 0.3) is 10.2 Å². The highest BCUT2D eigenvalue weighted by Gasteiger charge is 2.23. The van der Waals surface area contributed by atoms with Crippen LogP contribution < -0.4 is 10.2 Å². The van der Waals surface area contributed by atoms with Crippen LogP contribution in [0.2, 0.25) is 0 Å². The van der Waals surface area contributed by atoms with Crippen LogP contribution in [0, 0.1) is 0 Å². The molecule has 2 aromatic carbocycles. The molecule has 1 unspecified atom stereocenters. The zero-order chi connectivity index (χ0) is 20.1. The van der Waals surface area contributed by atoms with Crippen LogP contribution in [0.15, 0.2) is 48.5 Å². The Kier molecular flexibility index (Phi) is 6.38.